The second kappa shape index (κ2) is 7.05. The average molecular weight is 342 g/mol. The molecule has 1 heterocycles. The zero-order chi connectivity index (χ0) is 18.0. The molecule has 5 heteroatoms. The standard InChI is InChI=1S/C20H17F3N2/c1-3-4-13-10-24-20(25-11-13)14-5-6-16(19(23)7-14)15-8-17(21)12(2)18(22)9-15/h5-11H,3-4H2,1-2H3. The average Bonchev–Trinajstić information content (AvgIpc) is 2.60. The Balaban J connectivity index is 1.96. The molecule has 0 aliphatic heterocycles. The van der Waals surface area contributed by atoms with Crippen molar-refractivity contribution < 1.29 is 13.2 Å². The van der Waals surface area contributed by atoms with Gasteiger partial charge in [-0.2, -0.15) is 0 Å². The van der Waals surface area contributed by atoms with Crippen LogP contribution in [0.1, 0.15) is 24.5 Å². The third-order valence-corrected chi connectivity index (χ3v) is 4.06. The third-order valence-electron chi connectivity index (χ3n) is 4.06. The van der Waals surface area contributed by atoms with Crippen LogP contribution in [-0.2, 0) is 6.42 Å². The molecule has 0 unspecified atom stereocenters. The van der Waals surface area contributed by atoms with Gasteiger partial charge in [0.05, 0.1) is 0 Å². The largest absolute Gasteiger partial charge is 0.236 e. The molecule has 0 fully saturated rings. The van der Waals surface area contributed by atoms with E-state index in [0.29, 0.717) is 11.4 Å². The predicted molar refractivity (Wildman–Crippen MR) is 91.5 cm³/mol. The Hall–Kier alpha value is -2.69. The number of benzene rings is 2. The highest BCUT2D eigenvalue weighted by Gasteiger charge is 2.13. The summed E-state index contributed by atoms with van der Waals surface area (Å²) in [6, 6.07) is 6.67. The molecule has 0 radical (unpaired) electrons. The topological polar surface area (TPSA) is 25.8 Å². The Bertz CT molecular complexity index is 882. The number of rotatable bonds is 4. The molecule has 128 valence electrons. The Kier molecular flexibility index (Phi) is 4.83. The fourth-order valence-corrected chi connectivity index (χ4v) is 2.61. The van der Waals surface area contributed by atoms with Crippen LogP contribution < -0.4 is 0 Å². The number of aromatic nitrogens is 2. The van der Waals surface area contributed by atoms with E-state index in [1.54, 1.807) is 18.5 Å². The molecule has 3 aromatic rings. The molecule has 0 saturated carbocycles. The van der Waals surface area contributed by atoms with Crippen molar-refractivity contribution in [1.29, 1.82) is 0 Å². The van der Waals surface area contributed by atoms with E-state index in [9.17, 15) is 13.2 Å². The maximum Gasteiger partial charge on any atom is 0.159 e. The number of nitrogens with zero attached hydrogens (tertiary/aromatic N) is 2. The van der Waals surface area contributed by atoms with Crippen molar-refractivity contribution in [3.63, 3.8) is 0 Å². The van der Waals surface area contributed by atoms with Gasteiger partial charge in [0, 0.05) is 29.1 Å². The molecule has 0 aliphatic rings. The van der Waals surface area contributed by atoms with Crippen LogP contribution >= 0.6 is 0 Å². The summed E-state index contributed by atoms with van der Waals surface area (Å²) in [6.45, 7) is 3.41. The van der Waals surface area contributed by atoms with Crippen LogP contribution in [0.15, 0.2) is 42.7 Å². The van der Waals surface area contributed by atoms with Crippen LogP contribution in [0.5, 0.6) is 0 Å². The predicted octanol–water partition coefficient (Wildman–Crippen LogP) is 5.49. The zero-order valence-electron chi connectivity index (χ0n) is 14.0. The summed E-state index contributed by atoms with van der Waals surface area (Å²) < 4.78 is 41.9. The van der Waals surface area contributed by atoms with Gasteiger partial charge in [-0.05, 0) is 42.7 Å². The van der Waals surface area contributed by atoms with E-state index >= 15 is 0 Å². The van der Waals surface area contributed by atoms with Gasteiger partial charge in [-0.15, -0.1) is 0 Å². The van der Waals surface area contributed by atoms with E-state index in [1.165, 1.54) is 19.1 Å². The Labute approximate surface area is 144 Å². The Morgan fingerprint density at radius 2 is 1.44 bits per heavy atom. The molecule has 0 spiro atoms. The molecular weight excluding hydrogens is 325 g/mol. The first-order valence-corrected chi connectivity index (χ1v) is 8.06. The molecule has 1 aromatic heterocycles. The molecule has 0 saturated heterocycles. The van der Waals surface area contributed by atoms with Crippen molar-refractivity contribution in [2.24, 2.45) is 0 Å². The van der Waals surface area contributed by atoms with Crippen LogP contribution in [0.3, 0.4) is 0 Å². The highest BCUT2D eigenvalue weighted by atomic mass is 19.1. The summed E-state index contributed by atoms with van der Waals surface area (Å²) in [6.07, 6.45) is 5.33. The van der Waals surface area contributed by atoms with Gasteiger partial charge < -0.3 is 0 Å². The van der Waals surface area contributed by atoms with E-state index in [4.69, 9.17) is 0 Å². The minimum atomic E-state index is -0.701. The van der Waals surface area contributed by atoms with Gasteiger partial charge >= 0.3 is 0 Å². The van der Waals surface area contributed by atoms with Gasteiger partial charge in [0.15, 0.2) is 5.82 Å². The van der Waals surface area contributed by atoms with Gasteiger partial charge in [0.1, 0.15) is 17.5 Å². The lowest BCUT2D eigenvalue weighted by molar-refractivity contribution is 0.568. The van der Waals surface area contributed by atoms with Gasteiger partial charge in [-0.3, -0.25) is 0 Å². The quantitative estimate of drug-likeness (QED) is 0.627. The van der Waals surface area contributed by atoms with Crippen molar-refractivity contribution >= 4 is 0 Å². The summed E-state index contributed by atoms with van der Waals surface area (Å²) in [5.74, 6) is -1.57. The first-order valence-electron chi connectivity index (χ1n) is 8.06. The first kappa shape index (κ1) is 17.1. The lowest BCUT2D eigenvalue weighted by Gasteiger charge is -2.08. The maximum atomic E-state index is 14.5. The second-order valence-corrected chi connectivity index (χ2v) is 5.92. The molecular formula is C20H17F3N2. The summed E-state index contributed by atoms with van der Waals surface area (Å²) >= 11 is 0. The molecule has 3 rings (SSSR count). The molecule has 2 nitrogen and oxygen atoms in total. The van der Waals surface area contributed by atoms with Gasteiger partial charge in [-0.1, -0.05) is 25.5 Å². The summed E-state index contributed by atoms with van der Waals surface area (Å²) in [4.78, 5) is 8.51. The van der Waals surface area contributed by atoms with Gasteiger partial charge in [-0.25, -0.2) is 23.1 Å². The highest BCUT2D eigenvalue weighted by Crippen LogP contribution is 2.29. The summed E-state index contributed by atoms with van der Waals surface area (Å²) in [5, 5.41) is 0. The molecule has 0 amide bonds. The lowest BCUT2D eigenvalue weighted by atomic mass is 10.0. The Morgan fingerprint density at radius 1 is 0.840 bits per heavy atom. The van der Waals surface area contributed by atoms with Crippen LogP contribution in [0, 0.1) is 24.4 Å². The molecule has 0 N–H and O–H groups in total. The van der Waals surface area contributed by atoms with Crippen molar-refractivity contribution in [2.45, 2.75) is 26.7 Å². The van der Waals surface area contributed by atoms with E-state index in [0.717, 1.165) is 30.5 Å². The number of hydrogen-bond acceptors (Lipinski definition) is 2. The first-order chi connectivity index (χ1) is 12.0. The fraction of sp³-hybridized carbons (Fsp3) is 0.200. The van der Waals surface area contributed by atoms with Gasteiger partial charge in [0.2, 0.25) is 0 Å². The van der Waals surface area contributed by atoms with E-state index < -0.39 is 17.5 Å². The van der Waals surface area contributed by atoms with Crippen molar-refractivity contribution in [2.75, 3.05) is 0 Å². The van der Waals surface area contributed by atoms with Crippen LogP contribution in [-0.4, -0.2) is 9.97 Å². The smallest absolute Gasteiger partial charge is 0.159 e. The summed E-state index contributed by atoms with van der Waals surface area (Å²) in [5.41, 5.74) is 1.74. The fourth-order valence-electron chi connectivity index (χ4n) is 2.61. The monoisotopic (exact) mass is 342 g/mol. The normalized spacial score (nSPS) is 10.9. The molecule has 0 aliphatic carbocycles. The van der Waals surface area contributed by atoms with Crippen LogP contribution in [0.4, 0.5) is 13.2 Å². The second-order valence-electron chi connectivity index (χ2n) is 5.92. The van der Waals surface area contributed by atoms with Crippen LogP contribution in [0.25, 0.3) is 22.5 Å². The number of halogens is 3. The lowest BCUT2D eigenvalue weighted by Crippen LogP contribution is -1.95. The molecule has 0 bridgehead atoms. The third kappa shape index (κ3) is 3.55. The van der Waals surface area contributed by atoms with E-state index in [-0.39, 0.29) is 16.7 Å². The summed E-state index contributed by atoms with van der Waals surface area (Å²) in [7, 11) is 0. The van der Waals surface area contributed by atoms with E-state index in [2.05, 4.69) is 16.9 Å². The minimum absolute atomic E-state index is 0.0821. The molecule has 0 atom stereocenters. The Morgan fingerprint density at radius 3 is 2.00 bits per heavy atom. The highest BCUT2D eigenvalue weighted by molar-refractivity contribution is 5.69. The van der Waals surface area contributed by atoms with Crippen LogP contribution in [0.2, 0.25) is 0 Å². The van der Waals surface area contributed by atoms with Crippen molar-refractivity contribution in [3.05, 3.63) is 71.3 Å². The maximum absolute atomic E-state index is 14.5. The SMILES string of the molecule is CCCc1cnc(-c2ccc(-c3cc(F)c(C)c(F)c3)c(F)c2)nc1. The van der Waals surface area contributed by atoms with Crippen molar-refractivity contribution in [3.8, 4) is 22.5 Å². The van der Waals surface area contributed by atoms with E-state index in [1.807, 2.05) is 0 Å². The number of aryl methyl sites for hydroxylation is 1. The molecule has 2 aromatic carbocycles. The number of hydrogen-bond donors (Lipinski definition) is 0. The minimum Gasteiger partial charge on any atom is -0.236 e. The van der Waals surface area contributed by atoms with Gasteiger partial charge in [0.25, 0.3) is 0 Å². The zero-order valence-corrected chi connectivity index (χ0v) is 14.0. The molecule has 25 heavy (non-hydrogen) atoms. The van der Waals surface area contributed by atoms with Crippen molar-refractivity contribution in [1.82, 2.24) is 9.97 Å².